The van der Waals surface area contributed by atoms with Crippen molar-refractivity contribution in [2.45, 2.75) is 6.54 Å². The number of carbonyl (C=O) groups is 1. The molecule has 0 atom stereocenters. The molecular formula is C12H11ClN2OS. The second kappa shape index (κ2) is 5.29. The lowest BCUT2D eigenvalue weighted by Gasteiger charge is -2.16. The van der Waals surface area contributed by atoms with Crippen LogP contribution in [-0.4, -0.2) is 22.8 Å². The van der Waals surface area contributed by atoms with Crippen molar-refractivity contribution < 1.29 is 4.79 Å². The maximum Gasteiger partial charge on any atom is 0.254 e. The number of aromatic nitrogens is 1. The van der Waals surface area contributed by atoms with Crippen molar-refractivity contribution in [2.75, 3.05) is 7.05 Å². The summed E-state index contributed by atoms with van der Waals surface area (Å²) >= 11 is 7.38. The van der Waals surface area contributed by atoms with Crippen molar-refractivity contribution in [2.24, 2.45) is 0 Å². The van der Waals surface area contributed by atoms with Crippen LogP contribution in [0.2, 0.25) is 5.15 Å². The molecule has 2 heterocycles. The molecule has 2 aromatic heterocycles. The van der Waals surface area contributed by atoms with Gasteiger partial charge in [0.15, 0.2) is 0 Å². The summed E-state index contributed by atoms with van der Waals surface area (Å²) < 4.78 is 0. The van der Waals surface area contributed by atoms with Crippen LogP contribution in [0.25, 0.3) is 0 Å². The van der Waals surface area contributed by atoms with E-state index in [9.17, 15) is 4.79 Å². The molecule has 0 radical (unpaired) electrons. The molecule has 2 aromatic rings. The van der Waals surface area contributed by atoms with Crippen LogP contribution < -0.4 is 0 Å². The van der Waals surface area contributed by atoms with Crippen LogP contribution in [0, 0.1) is 0 Å². The summed E-state index contributed by atoms with van der Waals surface area (Å²) in [5.74, 6) is -0.0551. The lowest BCUT2D eigenvalue weighted by atomic mass is 10.2. The SMILES string of the molecule is CN(Cc1ccsc1)C(=O)c1ccnc(Cl)c1. The molecule has 0 aromatic carbocycles. The van der Waals surface area contributed by atoms with Crippen LogP contribution in [-0.2, 0) is 6.54 Å². The van der Waals surface area contributed by atoms with Gasteiger partial charge in [-0.25, -0.2) is 4.98 Å². The van der Waals surface area contributed by atoms with E-state index in [2.05, 4.69) is 4.98 Å². The molecule has 17 heavy (non-hydrogen) atoms. The van der Waals surface area contributed by atoms with E-state index < -0.39 is 0 Å². The van der Waals surface area contributed by atoms with Crippen LogP contribution in [0.5, 0.6) is 0 Å². The van der Waals surface area contributed by atoms with Gasteiger partial charge < -0.3 is 4.90 Å². The largest absolute Gasteiger partial charge is 0.337 e. The van der Waals surface area contributed by atoms with Gasteiger partial charge in [-0.15, -0.1) is 0 Å². The van der Waals surface area contributed by atoms with Crippen molar-refractivity contribution >= 4 is 28.8 Å². The molecule has 1 amide bonds. The normalized spacial score (nSPS) is 10.2. The minimum atomic E-state index is -0.0551. The predicted molar refractivity (Wildman–Crippen MR) is 69.4 cm³/mol. The van der Waals surface area contributed by atoms with Gasteiger partial charge in [-0.3, -0.25) is 4.79 Å². The number of halogens is 1. The number of thiophene rings is 1. The molecular weight excluding hydrogens is 256 g/mol. The molecule has 0 aliphatic carbocycles. The maximum atomic E-state index is 12.1. The average molecular weight is 267 g/mol. The Morgan fingerprint density at radius 2 is 2.35 bits per heavy atom. The quantitative estimate of drug-likeness (QED) is 0.800. The van der Waals surface area contributed by atoms with Crippen LogP contribution >= 0.6 is 22.9 Å². The van der Waals surface area contributed by atoms with Crippen LogP contribution in [0.1, 0.15) is 15.9 Å². The monoisotopic (exact) mass is 266 g/mol. The molecule has 88 valence electrons. The first kappa shape index (κ1) is 12.1. The zero-order chi connectivity index (χ0) is 12.3. The third-order valence-corrected chi connectivity index (χ3v) is 3.26. The minimum absolute atomic E-state index is 0.0551. The van der Waals surface area contributed by atoms with Gasteiger partial charge >= 0.3 is 0 Å². The number of pyridine rings is 1. The molecule has 5 heteroatoms. The molecule has 0 N–H and O–H groups in total. The summed E-state index contributed by atoms with van der Waals surface area (Å²) in [5.41, 5.74) is 1.69. The highest BCUT2D eigenvalue weighted by Crippen LogP contribution is 2.13. The van der Waals surface area contributed by atoms with Gasteiger partial charge in [0.05, 0.1) is 0 Å². The fourth-order valence-corrected chi connectivity index (χ4v) is 2.32. The van der Waals surface area contributed by atoms with Crippen molar-refractivity contribution in [1.82, 2.24) is 9.88 Å². The first-order valence-electron chi connectivity index (χ1n) is 5.05. The first-order valence-corrected chi connectivity index (χ1v) is 6.37. The number of nitrogens with zero attached hydrogens (tertiary/aromatic N) is 2. The van der Waals surface area contributed by atoms with E-state index >= 15 is 0 Å². The topological polar surface area (TPSA) is 33.2 Å². The lowest BCUT2D eigenvalue weighted by molar-refractivity contribution is 0.0785. The highest BCUT2D eigenvalue weighted by Gasteiger charge is 2.12. The second-order valence-electron chi connectivity index (χ2n) is 3.66. The molecule has 2 rings (SSSR count). The van der Waals surface area contributed by atoms with Gasteiger partial charge in [0.1, 0.15) is 5.15 Å². The van der Waals surface area contributed by atoms with E-state index in [1.807, 2.05) is 16.8 Å². The summed E-state index contributed by atoms with van der Waals surface area (Å²) in [7, 11) is 1.77. The third-order valence-electron chi connectivity index (χ3n) is 2.32. The Kier molecular flexibility index (Phi) is 3.76. The average Bonchev–Trinajstić information content (AvgIpc) is 2.80. The van der Waals surface area contributed by atoms with E-state index in [-0.39, 0.29) is 5.91 Å². The van der Waals surface area contributed by atoms with E-state index in [0.29, 0.717) is 17.3 Å². The van der Waals surface area contributed by atoms with Crippen molar-refractivity contribution in [1.29, 1.82) is 0 Å². The summed E-state index contributed by atoms with van der Waals surface area (Å²) in [6.07, 6.45) is 1.54. The van der Waals surface area contributed by atoms with Crippen molar-refractivity contribution in [3.8, 4) is 0 Å². The molecule has 0 unspecified atom stereocenters. The first-order chi connectivity index (χ1) is 8.16. The molecule has 0 aliphatic rings. The number of rotatable bonds is 3. The number of amides is 1. The molecule has 0 fully saturated rings. The third kappa shape index (κ3) is 3.05. The van der Waals surface area contributed by atoms with E-state index in [0.717, 1.165) is 5.56 Å². The van der Waals surface area contributed by atoms with Gasteiger partial charge in [-0.2, -0.15) is 11.3 Å². The fourth-order valence-electron chi connectivity index (χ4n) is 1.48. The zero-order valence-electron chi connectivity index (χ0n) is 9.26. The summed E-state index contributed by atoms with van der Waals surface area (Å²) in [4.78, 5) is 17.6. The Morgan fingerprint density at radius 3 is 3.00 bits per heavy atom. The Bertz CT molecular complexity index is 513. The molecule has 0 aliphatic heterocycles. The molecule has 3 nitrogen and oxygen atoms in total. The summed E-state index contributed by atoms with van der Waals surface area (Å²) in [6, 6.07) is 5.25. The highest BCUT2D eigenvalue weighted by molar-refractivity contribution is 7.07. The van der Waals surface area contributed by atoms with Crippen LogP contribution in [0.3, 0.4) is 0 Å². The van der Waals surface area contributed by atoms with Gasteiger partial charge in [0, 0.05) is 25.4 Å². The maximum absolute atomic E-state index is 12.1. The number of hydrogen-bond donors (Lipinski definition) is 0. The summed E-state index contributed by atoms with van der Waals surface area (Å²) in [6.45, 7) is 0.599. The van der Waals surface area contributed by atoms with Crippen LogP contribution in [0.15, 0.2) is 35.2 Å². The van der Waals surface area contributed by atoms with Gasteiger partial charge in [0.2, 0.25) is 0 Å². The smallest absolute Gasteiger partial charge is 0.254 e. The Morgan fingerprint density at radius 1 is 1.53 bits per heavy atom. The fraction of sp³-hybridized carbons (Fsp3) is 0.167. The Hall–Kier alpha value is -1.39. The second-order valence-corrected chi connectivity index (χ2v) is 4.83. The standard InChI is InChI=1S/C12H11ClN2OS/c1-15(7-9-3-5-17-8-9)12(16)10-2-4-14-11(13)6-10/h2-6,8H,7H2,1H3. The van der Waals surface area contributed by atoms with E-state index in [1.165, 1.54) is 6.20 Å². The van der Waals surface area contributed by atoms with Crippen molar-refractivity contribution in [3.05, 3.63) is 51.4 Å². The highest BCUT2D eigenvalue weighted by atomic mass is 35.5. The molecule has 0 spiro atoms. The van der Waals surface area contributed by atoms with Gasteiger partial charge in [-0.05, 0) is 34.5 Å². The van der Waals surface area contributed by atoms with E-state index in [4.69, 9.17) is 11.6 Å². The van der Waals surface area contributed by atoms with Crippen molar-refractivity contribution in [3.63, 3.8) is 0 Å². The number of carbonyl (C=O) groups excluding carboxylic acids is 1. The minimum Gasteiger partial charge on any atom is -0.337 e. The predicted octanol–water partition coefficient (Wildman–Crippen LogP) is 3.07. The van der Waals surface area contributed by atoms with Gasteiger partial charge in [-0.1, -0.05) is 11.6 Å². The molecule has 0 bridgehead atoms. The molecule has 0 saturated carbocycles. The Labute approximate surface area is 109 Å². The summed E-state index contributed by atoms with van der Waals surface area (Å²) in [5, 5.41) is 4.36. The van der Waals surface area contributed by atoms with E-state index in [1.54, 1.807) is 35.4 Å². The molecule has 0 saturated heterocycles. The number of hydrogen-bond acceptors (Lipinski definition) is 3. The Balaban J connectivity index is 2.09. The lowest BCUT2D eigenvalue weighted by Crippen LogP contribution is -2.25. The zero-order valence-corrected chi connectivity index (χ0v) is 10.8. The van der Waals surface area contributed by atoms with Crippen LogP contribution in [0.4, 0.5) is 0 Å². The van der Waals surface area contributed by atoms with Gasteiger partial charge in [0.25, 0.3) is 5.91 Å².